The van der Waals surface area contributed by atoms with Gasteiger partial charge in [-0.25, -0.2) is 4.79 Å². The van der Waals surface area contributed by atoms with Gasteiger partial charge < -0.3 is 19.2 Å². The Labute approximate surface area is 200 Å². The summed E-state index contributed by atoms with van der Waals surface area (Å²) >= 11 is 0. The summed E-state index contributed by atoms with van der Waals surface area (Å²) in [7, 11) is 1.64. The molecule has 0 radical (unpaired) electrons. The van der Waals surface area contributed by atoms with Crippen molar-refractivity contribution in [2.45, 2.75) is 45.4 Å². The first kappa shape index (κ1) is 23.6. The molecule has 0 fully saturated rings. The summed E-state index contributed by atoms with van der Waals surface area (Å²) in [6.45, 7) is 4.63. The molecule has 1 aliphatic carbocycles. The molecule has 6 nitrogen and oxygen atoms in total. The molecule has 0 spiro atoms. The number of Topliss-reactive ketones (excluding diaryl/α,β-unsaturated/α-hetero) is 1. The van der Waals surface area contributed by atoms with Crippen LogP contribution in [0.1, 0.15) is 69.4 Å². The smallest absolute Gasteiger partial charge is 0.355 e. The summed E-state index contributed by atoms with van der Waals surface area (Å²) < 4.78 is 16.2. The Morgan fingerprint density at radius 2 is 1.79 bits per heavy atom. The maximum absolute atomic E-state index is 13.3. The third-order valence-corrected chi connectivity index (χ3v) is 6.28. The molecular formula is C28H31NO5. The zero-order valence-electron chi connectivity index (χ0n) is 20.0. The number of aryl methyl sites for hydroxylation is 1. The second kappa shape index (κ2) is 10.6. The van der Waals surface area contributed by atoms with Gasteiger partial charge in [0.2, 0.25) is 0 Å². The predicted octanol–water partition coefficient (Wildman–Crippen LogP) is 5.30. The van der Waals surface area contributed by atoms with Crippen molar-refractivity contribution in [2.24, 2.45) is 0 Å². The van der Waals surface area contributed by atoms with Crippen LogP contribution in [-0.2, 0) is 24.0 Å². The van der Waals surface area contributed by atoms with Crippen molar-refractivity contribution >= 4 is 11.8 Å². The largest absolute Gasteiger partial charge is 0.497 e. The summed E-state index contributed by atoms with van der Waals surface area (Å²) in [6.07, 6.45) is 2.32. The lowest BCUT2D eigenvalue weighted by atomic mass is 9.80. The quantitative estimate of drug-likeness (QED) is 0.438. The first-order chi connectivity index (χ1) is 16.5. The topological polar surface area (TPSA) is 77.6 Å². The molecule has 3 aromatic rings. The number of carbonyl (C=O) groups is 2. The Hall–Kier alpha value is -3.54. The highest BCUT2D eigenvalue weighted by molar-refractivity contribution is 6.04. The molecule has 0 amide bonds. The van der Waals surface area contributed by atoms with Crippen molar-refractivity contribution in [2.75, 3.05) is 20.3 Å². The second-order valence-corrected chi connectivity index (χ2v) is 8.43. The number of esters is 1. The number of ether oxygens (including phenoxy) is 3. The third-order valence-electron chi connectivity index (χ3n) is 6.28. The highest BCUT2D eigenvalue weighted by atomic mass is 16.5. The molecule has 1 aliphatic rings. The van der Waals surface area contributed by atoms with E-state index in [-0.39, 0.29) is 18.3 Å². The van der Waals surface area contributed by atoms with Gasteiger partial charge in [-0.05, 0) is 80.0 Å². The van der Waals surface area contributed by atoms with E-state index in [1.54, 1.807) is 14.0 Å². The molecule has 178 valence electrons. The Morgan fingerprint density at radius 1 is 1.00 bits per heavy atom. The third kappa shape index (κ3) is 5.01. The van der Waals surface area contributed by atoms with Gasteiger partial charge in [0, 0.05) is 17.7 Å². The summed E-state index contributed by atoms with van der Waals surface area (Å²) in [5.74, 6) is 1.30. The molecule has 1 atom stereocenters. The Morgan fingerprint density at radius 3 is 2.50 bits per heavy atom. The monoisotopic (exact) mass is 461 g/mol. The Kier molecular flexibility index (Phi) is 7.36. The van der Waals surface area contributed by atoms with Crippen LogP contribution < -0.4 is 9.47 Å². The molecule has 34 heavy (non-hydrogen) atoms. The molecule has 4 rings (SSSR count). The average Bonchev–Trinajstić information content (AvgIpc) is 3.23. The summed E-state index contributed by atoms with van der Waals surface area (Å²) in [5.41, 5.74) is 4.81. The number of nitrogens with one attached hydrogen (secondary N) is 1. The van der Waals surface area contributed by atoms with E-state index in [2.05, 4.69) is 4.98 Å². The van der Waals surface area contributed by atoms with E-state index in [1.165, 1.54) is 0 Å². The lowest BCUT2D eigenvalue weighted by Crippen LogP contribution is -2.19. The van der Waals surface area contributed by atoms with Gasteiger partial charge in [0.1, 0.15) is 17.2 Å². The van der Waals surface area contributed by atoms with Crippen LogP contribution in [0.15, 0.2) is 48.5 Å². The van der Waals surface area contributed by atoms with Crippen LogP contribution in [0, 0.1) is 0 Å². The van der Waals surface area contributed by atoms with Crippen LogP contribution in [0.3, 0.4) is 0 Å². The zero-order chi connectivity index (χ0) is 24.1. The number of carbonyl (C=O) groups excluding carboxylic acids is 2. The van der Waals surface area contributed by atoms with Gasteiger partial charge in [-0.15, -0.1) is 0 Å². The van der Waals surface area contributed by atoms with Crippen LogP contribution in [0.25, 0.3) is 0 Å². The van der Waals surface area contributed by atoms with E-state index in [1.807, 2.05) is 55.5 Å². The minimum atomic E-state index is -0.414. The number of ketones is 1. The van der Waals surface area contributed by atoms with Crippen LogP contribution in [-0.4, -0.2) is 37.1 Å². The lowest BCUT2D eigenvalue weighted by Gasteiger charge is -2.22. The average molecular weight is 462 g/mol. The summed E-state index contributed by atoms with van der Waals surface area (Å²) in [5, 5.41) is 0. The molecule has 0 bridgehead atoms. The number of hydrogen-bond donors (Lipinski definition) is 1. The van der Waals surface area contributed by atoms with Crippen LogP contribution >= 0.6 is 0 Å². The van der Waals surface area contributed by atoms with Crippen molar-refractivity contribution in [1.29, 1.82) is 0 Å². The van der Waals surface area contributed by atoms with Gasteiger partial charge >= 0.3 is 5.97 Å². The molecule has 2 aromatic carbocycles. The van der Waals surface area contributed by atoms with E-state index in [0.717, 1.165) is 33.9 Å². The molecule has 1 heterocycles. The molecule has 6 heteroatoms. The fourth-order valence-electron chi connectivity index (χ4n) is 4.69. The van der Waals surface area contributed by atoms with Crippen LogP contribution in [0.2, 0.25) is 0 Å². The van der Waals surface area contributed by atoms with Crippen molar-refractivity contribution in [3.05, 3.63) is 82.2 Å². The number of aromatic amines is 1. The van der Waals surface area contributed by atoms with Gasteiger partial charge in [-0.2, -0.15) is 0 Å². The van der Waals surface area contributed by atoms with E-state index in [9.17, 15) is 9.59 Å². The molecule has 0 saturated carbocycles. The number of methoxy groups -OCH3 is 1. The van der Waals surface area contributed by atoms with Crippen LogP contribution in [0.4, 0.5) is 0 Å². The normalized spacial score (nSPS) is 15.0. The molecule has 1 aromatic heterocycles. The van der Waals surface area contributed by atoms with Gasteiger partial charge in [-0.1, -0.05) is 24.3 Å². The first-order valence-corrected chi connectivity index (χ1v) is 11.8. The van der Waals surface area contributed by atoms with Gasteiger partial charge in [-0.3, -0.25) is 4.79 Å². The minimum absolute atomic E-state index is 0.0515. The van der Waals surface area contributed by atoms with Gasteiger partial charge in [0.05, 0.1) is 20.3 Å². The number of fused-ring (bicyclic) bond motifs is 1. The van der Waals surface area contributed by atoms with Crippen molar-refractivity contribution in [1.82, 2.24) is 4.98 Å². The predicted molar refractivity (Wildman–Crippen MR) is 130 cm³/mol. The summed E-state index contributed by atoms with van der Waals surface area (Å²) in [4.78, 5) is 29.4. The highest BCUT2D eigenvalue weighted by Crippen LogP contribution is 2.36. The van der Waals surface area contributed by atoms with Crippen molar-refractivity contribution < 1.29 is 23.8 Å². The van der Waals surface area contributed by atoms with Gasteiger partial charge in [0.15, 0.2) is 5.78 Å². The Bertz CT molecular complexity index is 1160. The fourth-order valence-corrected chi connectivity index (χ4v) is 4.69. The maximum Gasteiger partial charge on any atom is 0.355 e. The summed E-state index contributed by atoms with van der Waals surface area (Å²) in [6, 6.07) is 15.8. The first-order valence-electron chi connectivity index (χ1n) is 11.8. The zero-order valence-corrected chi connectivity index (χ0v) is 20.0. The molecule has 0 aliphatic heterocycles. The number of H-pyrrole nitrogens is 1. The number of benzene rings is 2. The van der Waals surface area contributed by atoms with Gasteiger partial charge in [0.25, 0.3) is 0 Å². The van der Waals surface area contributed by atoms with Crippen molar-refractivity contribution in [3.8, 4) is 11.5 Å². The Balaban J connectivity index is 1.62. The van der Waals surface area contributed by atoms with E-state index in [0.29, 0.717) is 43.5 Å². The fraction of sp³-hybridized carbons (Fsp3) is 0.357. The van der Waals surface area contributed by atoms with E-state index >= 15 is 0 Å². The molecule has 0 unspecified atom stereocenters. The van der Waals surface area contributed by atoms with E-state index in [4.69, 9.17) is 14.2 Å². The number of hydrogen-bond acceptors (Lipinski definition) is 5. The lowest BCUT2D eigenvalue weighted by molar-refractivity contribution is 0.0518. The van der Waals surface area contributed by atoms with Crippen molar-refractivity contribution in [3.63, 3.8) is 0 Å². The van der Waals surface area contributed by atoms with Crippen LogP contribution in [0.5, 0.6) is 11.5 Å². The second-order valence-electron chi connectivity index (χ2n) is 8.43. The SMILES string of the molecule is CCOC(=O)c1[nH]c2c(c1CCc1cccc(OC)c1)C(=O)C[C@H](c1ccc(OCC)cc1)C2. The number of aromatic nitrogens is 1. The molecule has 1 N–H and O–H groups in total. The number of rotatable bonds is 9. The minimum Gasteiger partial charge on any atom is -0.497 e. The van der Waals surface area contributed by atoms with E-state index < -0.39 is 5.97 Å². The highest BCUT2D eigenvalue weighted by Gasteiger charge is 2.33. The standard InChI is InChI=1S/C28H31NO5/c1-4-33-21-12-10-19(11-13-21)20-16-24-26(25(30)17-20)23(27(29-24)28(31)34-5-2)14-9-18-7-6-8-22(15-18)32-3/h6-8,10-13,15,20,29H,4-5,9,14,16-17H2,1-3H3/t20-/m1/s1. The molecular weight excluding hydrogens is 430 g/mol. The molecule has 0 saturated heterocycles. The maximum atomic E-state index is 13.3.